The molecule has 0 fully saturated rings. The summed E-state index contributed by atoms with van der Waals surface area (Å²) in [6, 6.07) is 8.85. The summed E-state index contributed by atoms with van der Waals surface area (Å²) in [5, 5.41) is 1.72. The molecule has 0 bridgehead atoms. The van der Waals surface area contributed by atoms with E-state index in [2.05, 4.69) is 55.6 Å². The first kappa shape index (κ1) is 18.2. The third-order valence-electron chi connectivity index (χ3n) is 3.89. The Morgan fingerprint density at radius 1 is 1.15 bits per heavy atom. The van der Waals surface area contributed by atoms with Crippen LogP contribution in [0.15, 0.2) is 50.5 Å². The fraction of sp³-hybridized carbons (Fsp3) is 0.250. The summed E-state index contributed by atoms with van der Waals surface area (Å²) in [6.07, 6.45) is 8.42. The van der Waals surface area contributed by atoms with E-state index < -0.39 is 8.80 Å². The van der Waals surface area contributed by atoms with Crippen LogP contribution in [0.3, 0.4) is 0 Å². The van der Waals surface area contributed by atoms with Gasteiger partial charge in [0.1, 0.15) is 0 Å². The van der Waals surface area contributed by atoms with Gasteiger partial charge >= 0.3 is 127 Å². The summed E-state index contributed by atoms with van der Waals surface area (Å²) in [5.41, 5.74) is 4.60. The molecule has 0 aromatic heterocycles. The molecule has 0 radical (unpaired) electrons. The molecule has 0 saturated carbocycles. The maximum absolute atomic E-state index is 2.50. The second-order valence-corrected chi connectivity index (χ2v) is 9.79. The van der Waals surface area contributed by atoms with Crippen molar-refractivity contribution in [3.05, 3.63) is 61.6 Å². The molecule has 0 N–H and O–H groups in total. The Kier molecular flexibility index (Phi) is 6.73. The molecule has 3 rings (SSSR count). The van der Waals surface area contributed by atoms with Crippen LogP contribution in [-0.2, 0) is 24.7 Å². The zero-order valence-electron chi connectivity index (χ0n) is 11.7. The van der Waals surface area contributed by atoms with Crippen molar-refractivity contribution < 1.29 is 49.5 Å². The second kappa shape index (κ2) is 7.40. The smallest absolute Gasteiger partial charge is 1.00 e. The number of rotatable bonds is 2. The van der Waals surface area contributed by atoms with Gasteiger partial charge in [-0.25, -0.2) is 0 Å². The standard InChI is InChI=1S/C16H17Si.2ClH.Zr/c1-17(2)16-9-5-8-15(16)14-11-10-12-6-3-4-7-13(12)14;;;/h3-4,6-7,9-11,14,17H,5H2,1-2H3;2*1H;/q;;;+2/p-2. The zero-order valence-corrected chi connectivity index (χ0v) is 16.8. The van der Waals surface area contributed by atoms with E-state index in [0.717, 1.165) is 0 Å². The molecule has 1 atom stereocenters. The Morgan fingerprint density at radius 2 is 1.85 bits per heavy atom. The Balaban J connectivity index is 0.000001000. The molecule has 1 unspecified atom stereocenters. The maximum Gasteiger partial charge on any atom is -1.00 e. The first-order chi connectivity index (χ1) is 8.68. The average Bonchev–Trinajstić information content (AvgIpc) is 2.92. The van der Waals surface area contributed by atoms with E-state index in [1.165, 1.54) is 17.5 Å². The van der Waals surface area contributed by atoms with Crippen LogP contribution in [0.2, 0.25) is 13.1 Å². The number of hydrogen-bond donors (Lipinski definition) is 0. The summed E-state index contributed by atoms with van der Waals surface area (Å²) < 4.78 is 1.67. The molecule has 4 heteroatoms. The first-order valence-corrected chi connectivity index (χ1v) is 10.7. The maximum atomic E-state index is 2.50. The van der Waals surface area contributed by atoms with Gasteiger partial charge in [0.2, 0.25) is 0 Å². The van der Waals surface area contributed by atoms with E-state index in [1.807, 2.05) is 0 Å². The number of fused-ring (bicyclic) bond motifs is 1. The van der Waals surface area contributed by atoms with E-state index in [-0.39, 0.29) is 24.8 Å². The van der Waals surface area contributed by atoms with Crippen LogP contribution < -0.4 is 24.8 Å². The van der Waals surface area contributed by atoms with E-state index in [9.17, 15) is 0 Å². The molecule has 1 aromatic rings. The van der Waals surface area contributed by atoms with Crippen LogP contribution in [0.4, 0.5) is 0 Å². The fourth-order valence-electron chi connectivity index (χ4n) is 3.02. The molecular formula is C16H17Cl2SiZr. The van der Waals surface area contributed by atoms with Gasteiger partial charge in [-0.3, -0.25) is 0 Å². The molecule has 0 amide bonds. The predicted octanol–water partition coefficient (Wildman–Crippen LogP) is -2.04. The summed E-state index contributed by atoms with van der Waals surface area (Å²) >= 11 is 1.60. The fourth-order valence-corrected chi connectivity index (χ4v) is 5.93. The molecule has 0 aliphatic heterocycles. The van der Waals surface area contributed by atoms with Gasteiger partial charge in [-0.2, -0.15) is 0 Å². The SMILES string of the molecule is C[SiH](C)C1=CC[C]([Zr+2])=C1C1C=Cc2ccccc21.[Cl-].[Cl-]. The van der Waals surface area contributed by atoms with Gasteiger partial charge < -0.3 is 24.8 Å². The Labute approximate surface area is 150 Å². The van der Waals surface area contributed by atoms with Crippen LogP contribution in [0, 0.1) is 0 Å². The van der Waals surface area contributed by atoms with E-state index >= 15 is 0 Å². The molecule has 103 valence electrons. The molecule has 0 saturated heterocycles. The second-order valence-electron chi connectivity index (χ2n) is 5.38. The Bertz CT molecular complexity index is 588. The molecule has 0 spiro atoms. The van der Waals surface area contributed by atoms with E-state index in [0.29, 0.717) is 5.92 Å². The van der Waals surface area contributed by atoms with Gasteiger partial charge in [-0.15, -0.1) is 0 Å². The summed E-state index contributed by atoms with van der Waals surface area (Å²) in [6.45, 7) is 4.90. The minimum atomic E-state index is -0.706. The normalized spacial score (nSPS) is 19.6. The molecule has 20 heavy (non-hydrogen) atoms. The van der Waals surface area contributed by atoms with Crippen LogP contribution in [-0.4, -0.2) is 8.80 Å². The van der Waals surface area contributed by atoms with Crippen LogP contribution >= 0.6 is 0 Å². The number of allylic oxidation sites excluding steroid dienone is 5. The first-order valence-electron chi connectivity index (χ1n) is 6.60. The summed E-state index contributed by atoms with van der Waals surface area (Å²) in [7, 11) is -0.706. The third kappa shape index (κ3) is 3.14. The third-order valence-corrected chi connectivity index (χ3v) is 6.85. The van der Waals surface area contributed by atoms with Crippen LogP contribution in [0.25, 0.3) is 6.08 Å². The van der Waals surface area contributed by atoms with Gasteiger partial charge in [0, 0.05) is 0 Å². The minimum absolute atomic E-state index is 0. The molecular weight excluding hydrogens is 382 g/mol. The van der Waals surface area contributed by atoms with Crippen molar-refractivity contribution in [1.29, 1.82) is 0 Å². The monoisotopic (exact) mass is 397 g/mol. The van der Waals surface area contributed by atoms with Crippen LogP contribution in [0.1, 0.15) is 23.5 Å². The number of benzene rings is 1. The Morgan fingerprint density at radius 3 is 2.55 bits per heavy atom. The average molecular weight is 400 g/mol. The number of halogens is 2. The predicted molar refractivity (Wildman–Crippen MR) is 76.8 cm³/mol. The van der Waals surface area contributed by atoms with Gasteiger partial charge in [0.25, 0.3) is 0 Å². The van der Waals surface area contributed by atoms with E-state index in [4.69, 9.17) is 0 Å². The largest absolute Gasteiger partial charge is 1.00 e. The summed E-state index contributed by atoms with van der Waals surface area (Å²) in [4.78, 5) is 0. The van der Waals surface area contributed by atoms with Gasteiger partial charge in [-0.1, -0.05) is 0 Å². The molecule has 0 heterocycles. The minimum Gasteiger partial charge on any atom is -1.00 e. The van der Waals surface area contributed by atoms with Crippen molar-refractivity contribution in [2.75, 3.05) is 0 Å². The molecule has 2 aliphatic carbocycles. The summed E-state index contributed by atoms with van der Waals surface area (Å²) in [5.74, 6) is 0.541. The topological polar surface area (TPSA) is 0 Å². The Hall–Kier alpha value is 0.120. The van der Waals surface area contributed by atoms with Gasteiger partial charge in [0.15, 0.2) is 0 Å². The van der Waals surface area contributed by atoms with Gasteiger partial charge in [-0.05, 0) is 0 Å². The van der Waals surface area contributed by atoms with E-state index in [1.54, 1.807) is 38.8 Å². The number of hydrogen-bond acceptors (Lipinski definition) is 0. The van der Waals surface area contributed by atoms with Crippen molar-refractivity contribution in [3.63, 3.8) is 0 Å². The van der Waals surface area contributed by atoms with Crippen molar-refractivity contribution in [3.8, 4) is 0 Å². The zero-order chi connectivity index (χ0) is 12.7. The molecule has 2 aliphatic rings. The van der Waals surface area contributed by atoms with Crippen LogP contribution in [0.5, 0.6) is 0 Å². The molecule has 1 aromatic carbocycles. The quantitative estimate of drug-likeness (QED) is 0.503. The van der Waals surface area contributed by atoms with Crippen molar-refractivity contribution in [2.45, 2.75) is 25.4 Å². The van der Waals surface area contributed by atoms with Crippen molar-refractivity contribution in [2.24, 2.45) is 0 Å². The van der Waals surface area contributed by atoms with Crippen molar-refractivity contribution >= 4 is 14.9 Å². The van der Waals surface area contributed by atoms with Gasteiger partial charge in [0.05, 0.1) is 0 Å². The molecule has 0 nitrogen and oxygen atoms in total. The van der Waals surface area contributed by atoms with Crippen molar-refractivity contribution in [1.82, 2.24) is 0 Å².